The van der Waals surface area contributed by atoms with Crippen LogP contribution in [0.3, 0.4) is 0 Å². The fraction of sp³-hybridized carbons (Fsp3) is 0.600. The highest BCUT2D eigenvalue weighted by Crippen LogP contribution is 2.33. The smallest absolute Gasteiger partial charge is 0.107 e. The van der Waals surface area contributed by atoms with Crippen molar-refractivity contribution in [2.24, 2.45) is 0 Å². The molecular weight excluding hydrogens is 182 g/mol. The number of ether oxygens (including phenoxy) is 1. The third-order valence-corrected chi connectivity index (χ3v) is 3.64. The molecule has 1 aromatic heterocycles. The van der Waals surface area contributed by atoms with Gasteiger partial charge in [-0.2, -0.15) is 0 Å². The van der Waals surface area contributed by atoms with Gasteiger partial charge in [0.25, 0.3) is 0 Å². The molecule has 1 aliphatic rings. The standard InChI is InChI=1S/C10H15NOS/c1-7(11-2)9-10-8(3-5-12-9)4-6-13-10/h4,6-7,9,11H,3,5H2,1-2H3/t7-,9?/m1/s1. The molecule has 2 nitrogen and oxygen atoms in total. The summed E-state index contributed by atoms with van der Waals surface area (Å²) in [6.07, 6.45) is 1.33. The third-order valence-electron chi connectivity index (χ3n) is 2.62. The summed E-state index contributed by atoms with van der Waals surface area (Å²) in [7, 11) is 1.98. The highest BCUT2D eigenvalue weighted by Gasteiger charge is 2.26. The third kappa shape index (κ3) is 1.64. The van der Waals surface area contributed by atoms with Gasteiger partial charge in [-0.3, -0.25) is 0 Å². The molecule has 1 aromatic rings. The monoisotopic (exact) mass is 197 g/mol. The van der Waals surface area contributed by atoms with Crippen LogP contribution in [0.25, 0.3) is 0 Å². The average Bonchev–Trinajstić information content (AvgIpc) is 2.63. The maximum Gasteiger partial charge on any atom is 0.107 e. The number of rotatable bonds is 2. The quantitative estimate of drug-likeness (QED) is 0.782. The van der Waals surface area contributed by atoms with Crippen LogP contribution in [0.15, 0.2) is 11.4 Å². The van der Waals surface area contributed by atoms with E-state index < -0.39 is 0 Å². The Morgan fingerprint density at radius 1 is 1.69 bits per heavy atom. The predicted octanol–water partition coefficient (Wildman–Crippen LogP) is 1.97. The van der Waals surface area contributed by atoms with E-state index in [1.54, 1.807) is 0 Å². The summed E-state index contributed by atoms with van der Waals surface area (Å²) in [6, 6.07) is 2.62. The van der Waals surface area contributed by atoms with Crippen molar-refractivity contribution < 1.29 is 4.74 Å². The topological polar surface area (TPSA) is 21.3 Å². The van der Waals surface area contributed by atoms with E-state index in [2.05, 4.69) is 23.7 Å². The molecule has 0 saturated carbocycles. The zero-order chi connectivity index (χ0) is 9.26. The fourth-order valence-corrected chi connectivity index (χ4v) is 2.80. The summed E-state index contributed by atoms with van der Waals surface area (Å²) in [5.41, 5.74) is 1.48. The van der Waals surface area contributed by atoms with Crippen molar-refractivity contribution in [2.45, 2.75) is 25.5 Å². The van der Waals surface area contributed by atoms with E-state index in [4.69, 9.17) is 4.74 Å². The second-order valence-electron chi connectivity index (χ2n) is 3.43. The molecule has 3 heteroatoms. The van der Waals surface area contributed by atoms with Crippen molar-refractivity contribution in [1.82, 2.24) is 5.32 Å². The minimum atomic E-state index is 0.258. The van der Waals surface area contributed by atoms with Gasteiger partial charge in [0.05, 0.1) is 6.61 Å². The van der Waals surface area contributed by atoms with Gasteiger partial charge in [0.1, 0.15) is 6.10 Å². The minimum absolute atomic E-state index is 0.258. The molecule has 1 aliphatic heterocycles. The van der Waals surface area contributed by atoms with Gasteiger partial charge in [-0.05, 0) is 37.4 Å². The number of nitrogens with one attached hydrogen (secondary N) is 1. The van der Waals surface area contributed by atoms with Gasteiger partial charge in [0, 0.05) is 10.9 Å². The molecule has 1 unspecified atom stereocenters. The van der Waals surface area contributed by atoms with Crippen molar-refractivity contribution >= 4 is 11.3 Å². The number of likely N-dealkylation sites (N-methyl/N-ethyl adjacent to an activating group) is 1. The predicted molar refractivity (Wildman–Crippen MR) is 55.2 cm³/mol. The molecule has 0 aromatic carbocycles. The molecule has 2 heterocycles. The molecule has 0 spiro atoms. The molecule has 0 bridgehead atoms. The van der Waals surface area contributed by atoms with Crippen molar-refractivity contribution in [3.05, 3.63) is 21.9 Å². The molecule has 0 fully saturated rings. The number of hydrogen-bond acceptors (Lipinski definition) is 3. The summed E-state index contributed by atoms with van der Waals surface area (Å²) in [6.45, 7) is 3.03. The summed E-state index contributed by atoms with van der Waals surface area (Å²) in [5.74, 6) is 0. The first-order valence-electron chi connectivity index (χ1n) is 4.68. The van der Waals surface area contributed by atoms with Crippen molar-refractivity contribution in [2.75, 3.05) is 13.7 Å². The van der Waals surface area contributed by atoms with E-state index in [1.165, 1.54) is 10.4 Å². The summed E-state index contributed by atoms with van der Waals surface area (Å²) in [4.78, 5) is 1.41. The van der Waals surface area contributed by atoms with Crippen LogP contribution in [0.1, 0.15) is 23.5 Å². The lowest BCUT2D eigenvalue weighted by molar-refractivity contribution is 0.0245. The summed E-state index contributed by atoms with van der Waals surface area (Å²) < 4.78 is 5.76. The molecule has 1 N–H and O–H groups in total. The fourth-order valence-electron chi connectivity index (χ4n) is 1.70. The number of hydrogen-bond donors (Lipinski definition) is 1. The van der Waals surface area contributed by atoms with Crippen LogP contribution in [-0.4, -0.2) is 19.7 Å². The van der Waals surface area contributed by atoms with Crippen molar-refractivity contribution in [1.29, 1.82) is 0 Å². The zero-order valence-corrected chi connectivity index (χ0v) is 8.86. The first-order valence-corrected chi connectivity index (χ1v) is 5.56. The molecule has 0 amide bonds. The lowest BCUT2D eigenvalue weighted by atomic mass is 10.0. The van der Waals surface area contributed by atoms with Gasteiger partial charge in [-0.25, -0.2) is 0 Å². The Kier molecular flexibility index (Phi) is 2.67. The Labute approximate surface area is 82.9 Å². The Morgan fingerprint density at radius 2 is 2.54 bits per heavy atom. The van der Waals surface area contributed by atoms with Gasteiger partial charge >= 0.3 is 0 Å². The Bertz CT molecular complexity index is 284. The van der Waals surface area contributed by atoms with Gasteiger partial charge in [0.15, 0.2) is 0 Å². The highest BCUT2D eigenvalue weighted by atomic mass is 32.1. The van der Waals surface area contributed by atoms with E-state index in [1.807, 2.05) is 18.4 Å². The molecular formula is C10H15NOS. The van der Waals surface area contributed by atoms with Crippen LogP contribution in [0, 0.1) is 0 Å². The molecule has 0 radical (unpaired) electrons. The Balaban J connectivity index is 2.24. The van der Waals surface area contributed by atoms with Gasteiger partial charge < -0.3 is 10.1 Å². The lowest BCUT2D eigenvalue weighted by Crippen LogP contribution is -2.32. The molecule has 13 heavy (non-hydrogen) atoms. The van der Waals surface area contributed by atoms with E-state index in [0.29, 0.717) is 6.04 Å². The number of thiophene rings is 1. The highest BCUT2D eigenvalue weighted by molar-refractivity contribution is 7.10. The van der Waals surface area contributed by atoms with E-state index in [0.717, 1.165) is 13.0 Å². The molecule has 0 saturated heterocycles. The number of fused-ring (bicyclic) bond motifs is 1. The van der Waals surface area contributed by atoms with Crippen LogP contribution >= 0.6 is 11.3 Å². The van der Waals surface area contributed by atoms with E-state index >= 15 is 0 Å². The van der Waals surface area contributed by atoms with Crippen molar-refractivity contribution in [3.63, 3.8) is 0 Å². The minimum Gasteiger partial charge on any atom is -0.371 e. The molecule has 2 rings (SSSR count). The van der Waals surface area contributed by atoms with Gasteiger partial charge in [-0.1, -0.05) is 0 Å². The van der Waals surface area contributed by atoms with E-state index in [9.17, 15) is 0 Å². The maximum absolute atomic E-state index is 5.76. The van der Waals surface area contributed by atoms with Crippen LogP contribution in [0.5, 0.6) is 0 Å². The molecule has 72 valence electrons. The van der Waals surface area contributed by atoms with Crippen LogP contribution in [0.4, 0.5) is 0 Å². The van der Waals surface area contributed by atoms with Gasteiger partial charge in [-0.15, -0.1) is 11.3 Å². The molecule has 0 aliphatic carbocycles. The largest absolute Gasteiger partial charge is 0.371 e. The Hall–Kier alpha value is -0.380. The first-order chi connectivity index (χ1) is 6.33. The second-order valence-corrected chi connectivity index (χ2v) is 4.38. The summed E-state index contributed by atoms with van der Waals surface area (Å²) >= 11 is 1.81. The van der Waals surface area contributed by atoms with Crippen LogP contribution in [0.2, 0.25) is 0 Å². The average molecular weight is 197 g/mol. The van der Waals surface area contributed by atoms with Crippen molar-refractivity contribution in [3.8, 4) is 0 Å². The Morgan fingerprint density at radius 3 is 3.31 bits per heavy atom. The van der Waals surface area contributed by atoms with E-state index in [-0.39, 0.29) is 6.10 Å². The summed E-state index contributed by atoms with van der Waals surface area (Å²) in [5, 5.41) is 5.41. The first kappa shape index (κ1) is 9.19. The van der Waals surface area contributed by atoms with Crippen LogP contribution in [-0.2, 0) is 11.2 Å². The lowest BCUT2D eigenvalue weighted by Gasteiger charge is -2.27. The maximum atomic E-state index is 5.76. The second kappa shape index (κ2) is 3.78. The SMILES string of the molecule is CN[C@H](C)C1OCCc2ccsc21. The zero-order valence-electron chi connectivity index (χ0n) is 8.04. The molecule has 2 atom stereocenters. The van der Waals surface area contributed by atoms with Gasteiger partial charge in [0.2, 0.25) is 0 Å². The normalized spacial score (nSPS) is 24.0. The van der Waals surface area contributed by atoms with Crippen LogP contribution < -0.4 is 5.32 Å².